The lowest BCUT2D eigenvalue weighted by Gasteiger charge is -2.21. The Morgan fingerprint density at radius 1 is 0.714 bits per heavy atom. The fraction of sp³-hybridized carbons (Fsp3) is 0.200. The minimum absolute atomic E-state index is 0.605. The van der Waals surface area contributed by atoms with E-state index >= 15 is 0 Å². The first-order valence-electron chi connectivity index (χ1n) is 4.91. The highest BCUT2D eigenvalue weighted by molar-refractivity contribution is 7.18. The van der Waals surface area contributed by atoms with E-state index in [1.807, 2.05) is 22.7 Å². The van der Waals surface area contributed by atoms with Crippen molar-refractivity contribution in [2.45, 2.75) is 13.6 Å². The molecule has 0 aliphatic carbocycles. The van der Waals surface area contributed by atoms with Gasteiger partial charge in [0.15, 0.2) is 0 Å². The summed E-state index contributed by atoms with van der Waals surface area (Å²) in [5.41, 5.74) is 6.20. The van der Waals surface area contributed by atoms with Crippen molar-refractivity contribution in [3.8, 4) is 0 Å². The van der Waals surface area contributed by atoms with Crippen molar-refractivity contribution in [2.24, 2.45) is 0 Å². The molecule has 2 aromatic rings. The van der Waals surface area contributed by atoms with Crippen LogP contribution in [0, 0.1) is 0 Å². The molecule has 3 heterocycles. The van der Waals surface area contributed by atoms with Crippen LogP contribution in [0.3, 0.4) is 0 Å². The summed E-state index contributed by atoms with van der Waals surface area (Å²) in [5.74, 6) is 0. The van der Waals surface area contributed by atoms with Crippen LogP contribution >= 0.6 is 22.7 Å². The number of hydrogen-bond acceptors (Lipinski definition) is 2. The molecule has 0 N–H and O–H groups in total. The molecule has 0 spiro atoms. The molecule has 2 aromatic heterocycles. The number of fused-ring (bicyclic) bond motifs is 2. The quantitative estimate of drug-likeness (QED) is 0.565. The van der Waals surface area contributed by atoms with Crippen molar-refractivity contribution in [2.75, 3.05) is 0 Å². The van der Waals surface area contributed by atoms with E-state index in [9.17, 15) is 0 Å². The molecule has 0 unspecified atom stereocenters. The monoisotopic (exact) mass is 216 g/mol. The summed E-state index contributed by atoms with van der Waals surface area (Å²) >= 11 is 3.68. The molecule has 14 heavy (non-hydrogen) atoms. The summed E-state index contributed by atoms with van der Waals surface area (Å²) in [6, 6.07) is 0. The topological polar surface area (TPSA) is 0 Å². The Morgan fingerprint density at radius 2 is 1.00 bits per heavy atom. The third-order valence-electron chi connectivity index (χ3n) is 3.31. The van der Waals surface area contributed by atoms with Gasteiger partial charge in [-0.2, -0.15) is 22.7 Å². The van der Waals surface area contributed by atoms with Gasteiger partial charge in [0.1, 0.15) is 0 Å². The predicted octanol–water partition coefficient (Wildman–Crippen LogP) is 0.601. The molecular weight excluding hydrogens is 206 g/mol. The van der Waals surface area contributed by atoms with E-state index in [1.165, 1.54) is 0 Å². The molecule has 1 aliphatic heterocycles. The van der Waals surface area contributed by atoms with E-state index in [0.717, 1.165) is 0 Å². The van der Waals surface area contributed by atoms with Gasteiger partial charge in [0.2, 0.25) is 13.4 Å². The van der Waals surface area contributed by atoms with Crippen LogP contribution in [-0.4, -0.2) is 13.4 Å². The average Bonchev–Trinajstić information content (AvgIpc) is 2.82. The Hall–Kier alpha value is -0.470. The van der Waals surface area contributed by atoms with Crippen molar-refractivity contribution in [1.29, 1.82) is 0 Å². The maximum absolute atomic E-state index is 2.32. The van der Waals surface area contributed by atoms with Crippen molar-refractivity contribution < 1.29 is 0 Å². The average molecular weight is 216 g/mol. The van der Waals surface area contributed by atoms with Gasteiger partial charge in [0.25, 0.3) is 0 Å². The summed E-state index contributed by atoms with van der Waals surface area (Å²) in [6.07, 6.45) is 0. The lowest BCUT2D eigenvalue weighted by Crippen LogP contribution is -2.64. The Balaban J connectivity index is 2.26. The molecule has 4 heteroatoms. The Labute approximate surface area is 93.1 Å². The van der Waals surface area contributed by atoms with Gasteiger partial charge in [-0.05, 0) is 21.5 Å². The zero-order valence-corrected chi connectivity index (χ0v) is 9.91. The number of thiophene rings is 2. The summed E-state index contributed by atoms with van der Waals surface area (Å²) < 4.78 is 0. The van der Waals surface area contributed by atoms with Crippen LogP contribution in [0.1, 0.15) is 0 Å². The fourth-order valence-electron chi connectivity index (χ4n) is 2.38. The molecule has 0 atom stereocenters. The van der Waals surface area contributed by atoms with Crippen LogP contribution in [0.4, 0.5) is 0 Å². The Bertz CT molecular complexity index is 391. The standard InChI is InChI=1S/C10H10B2S2/c1-11-7-3-13-5-9(7)12(2)10-6-14-4-8(10)11/h3-6H,1-2H3. The van der Waals surface area contributed by atoms with Gasteiger partial charge in [-0.25, -0.2) is 0 Å². The summed E-state index contributed by atoms with van der Waals surface area (Å²) in [7, 11) is 0. The van der Waals surface area contributed by atoms with Crippen LogP contribution in [0.2, 0.25) is 13.6 Å². The predicted molar refractivity (Wildman–Crippen MR) is 70.4 cm³/mol. The van der Waals surface area contributed by atoms with Crippen LogP contribution < -0.4 is 21.9 Å². The molecule has 0 saturated heterocycles. The second-order valence-electron chi connectivity index (χ2n) is 4.01. The molecule has 0 nitrogen and oxygen atoms in total. The fourth-order valence-corrected chi connectivity index (χ4v) is 4.46. The second kappa shape index (κ2) is 3.01. The zero-order valence-electron chi connectivity index (χ0n) is 8.28. The van der Waals surface area contributed by atoms with Gasteiger partial charge in [-0.3, -0.25) is 0 Å². The molecule has 0 radical (unpaired) electrons. The third kappa shape index (κ3) is 1.01. The van der Waals surface area contributed by atoms with Crippen LogP contribution in [-0.2, 0) is 0 Å². The summed E-state index contributed by atoms with van der Waals surface area (Å²) in [4.78, 5) is 0. The van der Waals surface area contributed by atoms with E-state index in [0.29, 0.717) is 13.4 Å². The highest BCUT2D eigenvalue weighted by Crippen LogP contribution is 2.05. The highest BCUT2D eigenvalue weighted by Gasteiger charge is 2.32. The van der Waals surface area contributed by atoms with Gasteiger partial charge < -0.3 is 0 Å². The molecule has 3 rings (SSSR count). The second-order valence-corrected chi connectivity index (χ2v) is 5.50. The summed E-state index contributed by atoms with van der Waals surface area (Å²) in [5, 5.41) is 9.27. The maximum Gasteiger partial charge on any atom is 0.207 e. The smallest absolute Gasteiger partial charge is 0.154 e. The first kappa shape index (κ1) is 8.81. The van der Waals surface area contributed by atoms with Crippen molar-refractivity contribution in [1.82, 2.24) is 0 Å². The van der Waals surface area contributed by atoms with Crippen LogP contribution in [0.15, 0.2) is 21.5 Å². The van der Waals surface area contributed by atoms with Crippen molar-refractivity contribution in [3.05, 3.63) is 21.5 Å². The number of hydrogen-bond donors (Lipinski definition) is 0. The molecular formula is C10H10B2S2. The van der Waals surface area contributed by atoms with E-state index in [2.05, 4.69) is 35.2 Å². The SMILES string of the molecule is CB1c2cscc2B(C)c2cscc21. The van der Waals surface area contributed by atoms with Gasteiger partial charge in [0, 0.05) is 0 Å². The van der Waals surface area contributed by atoms with Gasteiger partial charge in [-0.1, -0.05) is 35.5 Å². The van der Waals surface area contributed by atoms with Crippen molar-refractivity contribution in [3.63, 3.8) is 0 Å². The Kier molecular flexibility index (Phi) is 1.89. The van der Waals surface area contributed by atoms with E-state index < -0.39 is 0 Å². The van der Waals surface area contributed by atoms with Gasteiger partial charge >= 0.3 is 0 Å². The van der Waals surface area contributed by atoms with Gasteiger partial charge in [0.05, 0.1) is 0 Å². The minimum Gasteiger partial charge on any atom is -0.154 e. The lowest BCUT2D eigenvalue weighted by molar-refractivity contribution is 1.94. The van der Waals surface area contributed by atoms with E-state index in [1.54, 1.807) is 21.9 Å². The minimum atomic E-state index is 0.605. The molecule has 1 aliphatic rings. The summed E-state index contributed by atoms with van der Waals surface area (Å²) in [6.45, 7) is 5.86. The Morgan fingerprint density at radius 3 is 1.29 bits per heavy atom. The molecule has 0 fully saturated rings. The maximum atomic E-state index is 2.32. The zero-order chi connectivity index (χ0) is 9.71. The van der Waals surface area contributed by atoms with Gasteiger partial charge in [-0.15, -0.1) is 0 Å². The third-order valence-corrected chi connectivity index (χ3v) is 4.87. The number of rotatable bonds is 0. The molecule has 68 valence electrons. The molecule has 0 amide bonds. The lowest BCUT2D eigenvalue weighted by atomic mass is 9.26. The van der Waals surface area contributed by atoms with E-state index in [-0.39, 0.29) is 0 Å². The molecule has 0 bridgehead atoms. The van der Waals surface area contributed by atoms with E-state index in [4.69, 9.17) is 0 Å². The van der Waals surface area contributed by atoms with Crippen LogP contribution in [0.25, 0.3) is 0 Å². The van der Waals surface area contributed by atoms with Crippen molar-refractivity contribution >= 4 is 58.0 Å². The highest BCUT2D eigenvalue weighted by atomic mass is 32.1. The first-order valence-corrected chi connectivity index (χ1v) is 6.79. The largest absolute Gasteiger partial charge is 0.207 e. The van der Waals surface area contributed by atoms with Crippen LogP contribution in [0.5, 0.6) is 0 Å². The molecule has 0 saturated carbocycles. The molecule has 0 aromatic carbocycles. The first-order chi connectivity index (χ1) is 6.79. The normalized spacial score (nSPS) is 14.1.